The van der Waals surface area contributed by atoms with Crippen LogP contribution in [0.25, 0.3) is 10.9 Å². The number of halogens is 1. The molecule has 2 aromatic carbocycles. The van der Waals surface area contributed by atoms with Crippen LogP contribution in [-0.2, 0) is 11.3 Å². The molecular weight excluding hydrogens is 315 g/mol. The monoisotopic (exact) mass is 336 g/mol. The van der Waals surface area contributed by atoms with Crippen molar-refractivity contribution in [2.45, 2.75) is 19.1 Å². The van der Waals surface area contributed by atoms with Gasteiger partial charge in [0, 0.05) is 37.2 Å². The summed E-state index contributed by atoms with van der Waals surface area (Å²) in [5.74, 6) is 0.207. The van der Waals surface area contributed by atoms with Crippen LogP contribution in [0.15, 0.2) is 60.8 Å². The first kappa shape index (κ1) is 16.2. The molecule has 0 amide bonds. The summed E-state index contributed by atoms with van der Waals surface area (Å²) in [7, 11) is 0. The molecule has 0 radical (unpaired) electrons. The quantitative estimate of drug-likeness (QED) is 0.757. The van der Waals surface area contributed by atoms with E-state index < -0.39 is 0 Å². The van der Waals surface area contributed by atoms with Crippen LogP contribution < -0.4 is 5.32 Å². The van der Waals surface area contributed by atoms with Crippen LogP contribution in [0.4, 0.5) is 4.39 Å². The molecular formula is C21H21FN2O. The lowest BCUT2D eigenvalue weighted by Gasteiger charge is -2.19. The molecule has 1 fully saturated rings. The highest BCUT2D eigenvalue weighted by molar-refractivity contribution is 5.81. The second-order valence-corrected chi connectivity index (χ2v) is 6.52. The number of nitrogens with one attached hydrogen (secondary N) is 1. The van der Waals surface area contributed by atoms with Crippen LogP contribution in [0, 0.1) is 11.7 Å². The Morgan fingerprint density at radius 2 is 2.00 bits per heavy atom. The van der Waals surface area contributed by atoms with Crippen LogP contribution in [-0.4, -0.2) is 18.1 Å². The summed E-state index contributed by atoms with van der Waals surface area (Å²) >= 11 is 0. The molecule has 128 valence electrons. The molecule has 0 aliphatic carbocycles. The van der Waals surface area contributed by atoms with E-state index in [1.54, 1.807) is 12.3 Å². The minimum Gasteiger partial charge on any atom is -0.373 e. The van der Waals surface area contributed by atoms with Crippen molar-refractivity contribution >= 4 is 10.9 Å². The van der Waals surface area contributed by atoms with Crippen LogP contribution in [0.2, 0.25) is 0 Å². The van der Waals surface area contributed by atoms with Crippen molar-refractivity contribution in [1.82, 2.24) is 10.3 Å². The number of hydrogen-bond acceptors (Lipinski definition) is 3. The molecule has 1 aliphatic rings. The van der Waals surface area contributed by atoms with E-state index in [9.17, 15) is 4.39 Å². The molecule has 0 unspecified atom stereocenters. The van der Waals surface area contributed by atoms with Gasteiger partial charge in [0.25, 0.3) is 0 Å². The number of hydrogen-bond donors (Lipinski definition) is 1. The summed E-state index contributed by atoms with van der Waals surface area (Å²) in [6.45, 7) is 2.23. The predicted molar refractivity (Wildman–Crippen MR) is 96.6 cm³/mol. The van der Waals surface area contributed by atoms with Gasteiger partial charge < -0.3 is 10.1 Å². The van der Waals surface area contributed by atoms with Gasteiger partial charge in [0.1, 0.15) is 5.82 Å². The minimum absolute atomic E-state index is 0.135. The molecule has 0 spiro atoms. The maximum Gasteiger partial charge on any atom is 0.124 e. The van der Waals surface area contributed by atoms with E-state index in [4.69, 9.17) is 4.74 Å². The van der Waals surface area contributed by atoms with Crippen molar-refractivity contribution in [3.63, 3.8) is 0 Å². The highest BCUT2D eigenvalue weighted by Crippen LogP contribution is 2.34. The lowest BCUT2D eigenvalue weighted by atomic mass is 9.95. The summed E-state index contributed by atoms with van der Waals surface area (Å²) in [6, 6.07) is 17.2. The van der Waals surface area contributed by atoms with E-state index in [1.165, 1.54) is 11.6 Å². The number of fused-ring (bicyclic) bond motifs is 1. The topological polar surface area (TPSA) is 34.1 Å². The zero-order chi connectivity index (χ0) is 17.1. The molecule has 0 saturated carbocycles. The van der Waals surface area contributed by atoms with Crippen molar-refractivity contribution in [2.24, 2.45) is 5.92 Å². The molecule has 0 bridgehead atoms. The Bertz CT molecular complexity index is 853. The Balaban J connectivity index is 1.44. The van der Waals surface area contributed by atoms with E-state index in [0.29, 0.717) is 12.5 Å². The number of benzene rings is 2. The smallest absolute Gasteiger partial charge is 0.124 e. The molecule has 4 heteroatoms. The van der Waals surface area contributed by atoms with E-state index in [2.05, 4.69) is 22.4 Å². The molecule has 3 aromatic rings. The molecule has 25 heavy (non-hydrogen) atoms. The van der Waals surface area contributed by atoms with Gasteiger partial charge in [0.2, 0.25) is 0 Å². The predicted octanol–water partition coefficient (Wildman–Crippen LogP) is 4.24. The molecule has 4 rings (SSSR count). The Morgan fingerprint density at radius 3 is 2.88 bits per heavy atom. The molecule has 2 atom stereocenters. The number of aromatic nitrogens is 1. The number of rotatable bonds is 5. The Morgan fingerprint density at radius 1 is 1.12 bits per heavy atom. The van der Waals surface area contributed by atoms with Crippen LogP contribution >= 0.6 is 0 Å². The van der Waals surface area contributed by atoms with Crippen molar-refractivity contribution in [3.8, 4) is 0 Å². The van der Waals surface area contributed by atoms with E-state index in [0.717, 1.165) is 36.0 Å². The average molecular weight is 336 g/mol. The van der Waals surface area contributed by atoms with Gasteiger partial charge in [-0.05, 0) is 35.7 Å². The zero-order valence-corrected chi connectivity index (χ0v) is 14.0. The van der Waals surface area contributed by atoms with Crippen LogP contribution in [0.5, 0.6) is 0 Å². The maximum atomic E-state index is 13.8. The second-order valence-electron chi connectivity index (χ2n) is 6.52. The van der Waals surface area contributed by atoms with Gasteiger partial charge in [-0.2, -0.15) is 0 Å². The van der Waals surface area contributed by atoms with E-state index in [-0.39, 0.29) is 11.9 Å². The molecule has 3 nitrogen and oxygen atoms in total. The lowest BCUT2D eigenvalue weighted by molar-refractivity contribution is 0.0904. The van der Waals surface area contributed by atoms with Gasteiger partial charge in [-0.25, -0.2) is 4.39 Å². The summed E-state index contributed by atoms with van der Waals surface area (Å²) < 4.78 is 19.8. The summed E-state index contributed by atoms with van der Waals surface area (Å²) in [5, 5.41) is 4.31. The second kappa shape index (κ2) is 7.30. The number of ether oxygens (including phenoxy) is 1. The largest absolute Gasteiger partial charge is 0.373 e. The summed E-state index contributed by atoms with van der Waals surface area (Å²) in [5.41, 5.74) is 2.98. The van der Waals surface area contributed by atoms with Gasteiger partial charge >= 0.3 is 0 Å². The van der Waals surface area contributed by atoms with Crippen molar-refractivity contribution < 1.29 is 9.13 Å². The van der Waals surface area contributed by atoms with Crippen molar-refractivity contribution in [2.75, 3.05) is 13.2 Å². The molecule has 1 N–H and O–H groups in total. The molecule has 1 saturated heterocycles. The zero-order valence-electron chi connectivity index (χ0n) is 14.0. The third-order valence-electron chi connectivity index (χ3n) is 4.81. The lowest BCUT2D eigenvalue weighted by Crippen LogP contribution is -2.24. The van der Waals surface area contributed by atoms with Gasteiger partial charge in [0.05, 0.1) is 11.6 Å². The Labute approximate surface area is 146 Å². The van der Waals surface area contributed by atoms with Crippen molar-refractivity contribution in [3.05, 3.63) is 77.7 Å². The van der Waals surface area contributed by atoms with Crippen molar-refractivity contribution in [1.29, 1.82) is 0 Å². The number of nitrogens with zero attached hydrogens (tertiary/aromatic N) is 1. The first-order valence-corrected chi connectivity index (χ1v) is 8.72. The first-order chi connectivity index (χ1) is 12.3. The van der Waals surface area contributed by atoms with Gasteiger partial charge in [-0.3, -0.25) is 4.98 Å². The Hall–Kier alpha value is -2.30. The summed E-state index contributed by atoms with van der Waals surface area (Å²) in [6.07, 6.45) is 2.92. The molecule has 2 heterocycles. The fourth-order valence-electron chi connectivity index (χ4n) is 3.61. The standard InChI is InChI=1S/C21H21FN2O/c22-19-11-16-7-4-9-24-20(16)18(12-19)14-23-13-17-8-10-25-21(17)15-5-2-1-3-6-15/h1-7,9,11-12,17,21,23H,8,10,13-14H2/t17-,21-/m0/s1. The third-order valence-corrected chi connectivity index (χ3v) is 4.81. The Kier molecular flexibility index (Phi) is 4.72. The SMILES string of the molecule is Fc1cc(CNC[C@@H]2CCO[C@H]2c2ccccc2)c2ncccc2c1. The number of pyridine rings is 1. The fraction of sp³-hybridized carbons (Fsp3) is 0.286. The van der Waals surface area contributed by atoms with Gasteiger partial charge in [0.15, 0.2) is 0 Å². The van der Waals surface area contributed by atoms with E-state index >= 15 is 0 Å². The normalized spacial score (nSPS) is 20.2. The van der Waals surface area contributed by atoms with Crippen LogP contribution in [0.3, 0.4) is 0 Å². The molecule has 1 aromatic heterocycles. The minimum atomic E-state index is -0.219. The first-order valence-electron chi connectivity index (χ1n) is 8.72. The van der Waals surface area contributed by atoms with Gasteiger partial charge in [-0.1, -0.05) is 36.4 Å². The average Bonchev–Trinajstić information content (AvgIpc) is 3.11. The maximum absolute atomic E-state index is 13.8. The van der Waals surface area contributed by atoms with Crippen LogP contribution in [0.1, 0.15) is 23.7 Å². The van der Waals surface area contributed by atoms with Gasteiger partial charge in [-0.15, -0.1) is 0 Å². The molecule has 1 aliphatic heterocycles. The highest BCUT2D eigenvalue weighted by Gasteiger charge is 2.29. The highest BCUT2D eigenvalue weighted by atomic mass is 19.1. The van der Waals surface area contributed by atoms with E-state index in [1.807, 2.05) is 30.3 Å². The third kappa shape index (κ3) is 3.55. The summed E-state index contributed by atoms with van der Waals surface area (Å²) in [4.78, 5) is 4.40. The fourth-order valence-corrected chi connectivity index (χ4v) is 3.61.